The van der Waals surface area contributed by atoms with Crippen molar-refractivity contribution in [2.24, 2.45) is 0 Å². The number of thioether (sulfide) groups is 1. The van der Waals surface area contributed by atoms with Gasteiger partial charge in [0, 0.05) is 22.3 Å². The second kappa shape index (κ2) is 7.71. The molecule has 0 aromatic heterocycles. The molecular formula is C17H18N2O4S2. The highest BCUT2D eigenvalue weighted by Crippen LogP contribution is 2.19. The topological polar surface area (TPSA) is 92.3 Å². The number of rotatable bonds is 4. The zero-order valence-corrected chi connectivity index (χ0v) is 15.6. The van der Waals surface area contributed by atoms with Crippen molar-refractivity contribution in [1.29, 1.82) is 0 Å². The molecule has 0 aliphatic heterocycles. The average molecular weight is 378 g/mol. The molecule has 2 aromatic carbocycles. The lowest BCUT2D eigenvalue weighted by Gasteiger charge is -2.10. The van der Waals surface area contributed by atoms with Gasteiger partial charge in [-0.05, 0) is 55.1 Å². The van der Waals surface area contributed by atoms with Crippen molar-refractivity contribution >= 4 is 33.4 Å². The van der Waals surface area contributed by atoms with Gasteiger partial charge in [-0.15, -0.1) is 11.8 Å². The molecule has 2 rings (SSSR count). The second-order valence-electron chi connectivity index (χ2n) is 5.39. The maximum absolute atomic E-state index is 12.2. The van der Waals surface area contributed by atoms with Gasteiger partial charge in [-0.25, -0.2) is 8.42 Å². The molecule has 2 aromatic rings. The lowest BCUT2D eigenvalue weighted by molar-refractivity contribution is 0.0846. The van der Waals surface area contributed by atoms with Gasteiger partial charge in [-0.1, -0.05) is 6.07 Å². The fourth-order valence-corrected chi connectivity index (χ4v) is 3.15. The third-order valence-electron chi connectivity index (χ3n) is 3.52. The third kappa shape index (κ3) is 4.83. The standard InChI is InChI=1S/C17H18N2O4S2/c1-11-4-7-13(24-2)10-15(11)17(21)19-18-16(20)12-5-8-14(9-6-12)25(3,22)23/h4-10H,1-3H3,(H,18,20)(H,19,21). The van der Waals surface area contributed by atoms with E-state index in [9.17, 15) is 18.0 Å². The Bertz CT molecular complexity index is 907. The van der Waals surface area contributed by atoms with Crippen LogP contribution >= 0.6 is 11.8 Å². The van der Waals surface area contributed by atoms with Gasteiger partial charge in [0.2, 0.25) is 0 Å². The van der Waals surface area contributed by atoms with Crippen LogP contribution in [0.25, 0.3) is 0 Å². The number of benzene rings is 2. The van der Waals surface area contributed by atoms with Gasteiger partial charge in [-0.3, -0.25) is 20.4 Å². The number of carbonyl (C=O) groups is 2. The van der Waals surface area contributed by atoms with Gasteiger partial charge in [0.25, 0.3) is 11.8 Å². The molecule has 132 valence electrons. The van der Waals surface area contributed by atoms with Gasteiger partial charge in [0.1, 0.15) is 0 Å². The molecule has 25 heavy (non-hydrogen) atoms. The van der Waals surface area contributed by atoms with Crippen LogP contribution in [0.1, 0.15) is 26.3 Å². The van der Waals surface area contributed by atoms with E-state index >= 15 is 0 Å². The number of carbonyl (C=O) groups excluding carboxylic acids is 2. The zero-order chi connectivity index (χ0) is 18.6. The highest BCUT2D eigenvalue weighted by Gasteiger charge is 2.13. The second-order valence-corrected chi connectivity index (χ2v) is 8.28. The van der Waals surface area contributed by atoms with Gasteiger partial charge >= 0.3 is 0 Å². The summed E-state index contributed by atoms with van der Waals surface area (Å²) in [5.74, 6) is -0.957. The molecule has 0 radical (unpaired) electrons. The van der Waals surface area contributed by atoms with Gasteiger partial charge in [-0.2, -0.15) is 0 Å². The molecule has 2 amide bonds. The van der Waals surface area contributed by atoms with E-state index in [1.165, 1.54) is 36.0 Å². The van der Waals surface area contributed by atoms with E-state index in [0.29, 0.717) is 5.56 Å². The molecule has 8 heteroatoms. The third-order valence-corrected chi connectivity index (χ3v) is 5.38. The average Bonchev–Trinajstić information content (AvgIpc) is 2.59. The summed E-state index contributed by atoms with van der Waals surface area (Å²) in [6, 6.07) is 11.0. The predicted octanol–water partition coefficient (Wildman–Crippen LogP) is 2.20. The van der Waals surface area contributed by atoms with Crippen molar-refractivity contribution in [3.8, 4) is 0 Å². The van der Waals surface area contributed by atoms with E-state index in [1.807, 2.05) is 25.3 Å². The molecule has 0 aliphatic carbocycles. The van der Waals surface area contributed by atoms with Crippen LogP contribution in [0.3, 0.4) is 0 Å². The quantitative estimate of drug-likeness (QED) is 0.628. The fourth-order valence-electron chi connectivity index (χ4n) is 2.08. The van der Waals surface area contributed by atoms with Crippen LogP contribution in [0.5, 0.6) is 0 Å². The van der Waals surface area contributed by atoms with E-state index in [4.69, 9.17) is 0 Å². The summed E-state index contributed by atoms with van der Waals surface area (Å²) in [6.07, 6.45) is 3.00. The first-order valence-corrected chi connectivity index (χ1v) is 10.4. The number of hydrazine groups is 1. The highest BCUT2D eigenvalue weighted by atomic mass is 32.2. The van der Waals surface area contributed by atoms with Crippen LogP contribution in [-0.2, 0) is 9.84 Å². The Labute approximate surface area is 150 Å². The van der Waals surface area contributed by atoms with Gasteiger partial charge in [0.15, 0.2) is 9.84 Å². The molecule has 0 bridgehead atoms. The van der Waals surface area contributed by atoms with Crippen molar-refractivity contribution in [1.82, 2.24) is 10.9 Å². The molecule has 0 aliphatic rings. The summed E-state index contributed by atoms with van der Waals surface area (Å²) in [5.41, 5.74) is 6.20. The van der Waals surface area contributed by atoms with Gasteiger partial charge < -0.3 is 0 Å². The van der Waals surface area contributed by atoms with E-state index in [0.717, 1.165) is 16.7 Å². The van der Waals surface area contributed by atoms with Crippen molar-refractivity contribution in [3.63, 3.8) is 0 Å². The maximum atomic E-state index is 12.2. The highest BCUT2D eigenvalue weighted by molar-refractivity contribution is 7.98. The molecule has 0 unspecified atom stereocenters. The summed E-state index contributed by atoms with van der Waals surface area (Å²) >= 11 is 1.52. The summed E-state index contributed by atoms with van der Waals surface area (Å²) in [7, 11) is -3.32. The normalized spacial score (nSPS) is 11.0. The van der Waals surface area contributed by atoms with Crippen molar-refractivity contribution in [3.05, 3.63) is 59.2 Å². The summed E-state index contributed by atoms with van der Waals surface area (Å²) in [5, 5.41) is 0. The summed E-state index contributed by atoms with van der Waals surface area (Å²) in [6.45, 7) is 1.81. The largest absolute Gasteiger partial charge is 0.270 e. The minimum Gasteiger partial charge on any atom is -0.267 e. The first-order chi connectivity index (χ1) is 11.7. The maximum Gasteiger partial charge on any atom is 0.270 e. The Balaban J connectivity index is 2.06. The molecule has 0 saturated carbocycles. The Morgan fingerprint density at radius 1 is 0.960 bits per heavy atom. The minimum atomic E-state index is -3.32. The summed E-state index contributed by atoms with van der Waals surface area (Å²) < 4.78 is 22.8. The molecule has 0 saturated heterocycles. The SMILES string of the molecule is CSc1ccc(C)c(C(=O)NNC(=O)c2ccc(S(C)(=O)=O)cc2)c1. The smallest absolute Gasteiger partial charge is 0.267 e. The molecule has 0 spiro atoms. The predicted molar refractivity (Wildman–Crippen MR) is 97.4 cm³/mol. The lowest BCUT2D eigenvalue weighted by atomic mass is 10.1. The number of amides is 2. The van der Waals surface area contributed by atoms with Crippen LogP contribution in [0.2, 0.25) is 0 Å². The molecule has 2 N–H and O–H groups in total. The van der Waals surface area contributed by atoms with E-state index in [-0.39, 0.29) is 10.5 Å². The molecule has 0 atom stereocenters. The summed E-state index contributed by atoms with van der Waals surface area (Å²) in [4.78, 5) is 25.4. The first-order valence-electron chi connectivity index (χ1n) is 7.28. The number of sulfone groups is 1. The number of hydrogen-bond donors (Lipinski definition) is 2. The van der Waals surface area contributed by atoms with Crippen molar-refractivity contribution < 1.29 is 18.0 Å². The number of hydrogen-bond acceptors (Lipinski definition) is 5. The molecule has 0 fully saturated rings. The van der Waals surface area contributed by atoms with E-state index in [2.05, 4.69) is 10.9 Å². The van der Waals surface area contributed by atoms with Gasteiger partial charge in [0.05, 0.1) is 4.90 Å². The van der Waals surface area contributed by atoms with Crippen LogP contribution in [0, 0.1) is 6.92 Å². The Kier molecular flexibility index (Phi) is 5.86. The fraction of sp³-hybridized carbons (Fsp3) is 0.176. The Morgan fingerprint density at radius 2 is 1.56 bits per heavy atom. The zero-order valence-electron chi connectivity index (χ0n) is 14.0. The van der Waals surface area contributed by atoms with Crippen LogP contribution in [0.4, 0.5) is 0 Å². The minimum absolute atomic E-state index is 0.123. The van der Waals surface area contributed by atoms with Crippen molar-refractivity contribution in [2.75, 3.05) is 12.5 Å². The Hall–Kier alpha value is -2.32. The van der Waals surface area contributed by atoms with Crippen LogP contribution < -0.4 is 10.9 Å². The monoisotopic (exact) mass is 378 g/mol. The van der Waals surface area contributed by atoms with E-state index < -0.39 is 21.7 Å². The Morgan fingerprint density at radius 3 is 2.12 bits per heavy atom. The molecule has 6 nitrogen and oxygen atoms in total. The first kappa shape index (κ1) is 19.0. The molecule has 0 heterocycles. The lowest BCUT2D eigenvalue weighted by Crippen LogP contribution is -2.41. The van der Waals surface area contributed by atoms with Crippen LogP contribution in [-0.4, -0.2) is 32.7 Å². The number of nitrogens with one attached hydrogen (secondary N) is 2. The molecular weight excluding hydrogens is 360 g/mol. The van der Waals surface area contributed by atoms with Crippen molar-refractivity contribution in [2.45, 2.75) is 16.7 Å². The number of aryl methyl sites for hydroxylation is 1. The van der Waals surface area contributed by atoms with E-state index in [1.54, 1.807) is 6.07 Å². The van der Waals surface area contributed by atoms with Crippen LogP contribution in [0.15, 0.2) is 52.3 Å².